The molecule has 5 aromatic heterocycles. The molecule has 7 nitrogen and oxygen atoms in total. The van der Waals surface area contributed by atoms with Gasteiger partial charge >= 0.3 is 0 Å². The fourth-order valence-electron chi connectivity index (χ4n) is 15.0. The zero-order valence-corrected chi connectivity index (χ0v) is 47.0. The van der Waals surface area contributed by atoms with Gasteiger partial charge in [-0.25, -0.2) is 0 Å². The van der Waals surface area contributed by atoms with Gasteiger partial charge in [0.25, 0.3) is 0 Å². The number of aromatic nitrogens is 3. The minimum Gasteiger partial charge on any atom is -0.455 e. The van der Waals surface area contributed by atoms with Crippen molar-refractivity contribution in [1.82, 2.24) is 13.7 Å². The molecule has 0 bridgehead atoms. The first-order chi connectivity index (χ1) is 43.6. The molecule has 1 aliphatic carbocycles. The fourth-order valence-corrected chi connectivity index (χ4v) is 15.0. The van der Waals surface area contributed by atoms with E-state index in [2.05, 4.69) is 250 Å². The molecule has 1 unspecified atom stereocenters. The highest BCUT2D eigenvalue weighted by Gasteiger charge is 2.31. The third-order valence-electron chi connectivity index (χ3n) is 18.8. The number of nitrogens with zero attached hydrogens (tertiary/aromatic N) is 5. The molecule has 0 radical (unpaired) electrons. The van der Waals surface area contributed by atoms with Crippen LogP contribution in [0.15, 0.2) is 276 Å². The summed E-state index contributed by atoms with van der Waals surface area (Å²) in [5.41, 5.74) is 22.4. The van der Waals surface area contributed by atoms with E-state index in [9.17, 15) is 10.5 Å². The van der Waals surface area contributed by atoms with E-state index in [0.29, 0.717) is 22.5 Å². The second kappa shape index (κ2) is 18.2. The highest BCUT2D eigenvalue weighted by molar-refractivity contribution is 6.26. The second-order valence-corrected chi connectivity index (χ2v) is 23.2. The van der Waals surface area contributed by atoms with Crippen molar-refractivity contribution in [3.63, 3.8) is 0 Å². The van der Waals surface area contributed by atoms with Gasteiger partial charge in [0.2, 0.25) is 0 Å². The Morgan fingerprint density at radius 1 is 0.330 bits per heavy atom. The standard InChI is InChI=1S/C81H45N5O2/c82-45-52-31-38-71(85-69-36-29-50(43-64(69)77-72(85)39-33-60-56-21-10-13-25-74(56)87-80(60)77)48-27-32-59-62(41-48)54-19-7-8-23-58(54)76(59)47-15-3-1-4-16-47)66(46-83)79(52)86-70-37-30-51(44-65(70)78-73(86)40-34-61-57-22-11-14-26-75(57)88-81(61)78)49-28-35-68-63(42-49)55-20-9-12-24-67(55)84(68)53-17-5-2-6-18-53/h1-44,76H. The summed E-state index contributed by atoms with van der Waals surface area (Å²) >= 11 is 0. The van der Waals surface area contributed by atoms with Crippen molar-refractivity contribution in [2.75, 3.05) is 0 Å². The Bertz CT molecular complexity index is 6160. The SMILES string of the molecule is N#Cc1ccc(-n2c3ccc(-c4ccc5c(c4)-c4ccccc4C5c4ccccc4)cc3c3c4oc5ccccc5c4ccc32)c(C#N)c1-n1c2ccc(-c3ccc4c(c3)c3ccccc3n4-c3ccccc3)cc2c2c3oc4ccccc4c3ccc21. The third-order valence-corrected chi connectivity index (χ3v) is 18.8. The first kappa shape index (κ1) is 48.2. The maximum absolute atomic E-state index is 12.0. The van der Waals surface area contributed by atoms with Gasteiger partial charge in [-0.05, 0) is 159 Å². The van der Waals surface area contributed by atoms with Crippen molar-refractivity contribution in [2.45, 2.75) is 5.92 Å². The highest BCUT2D eigenvalue weighted by Crippen LogP contribution is 2.51. The van der Waals surface area contributed by atoms with Crippen LogP contribution in [0.25, 0.3) is 160 Å². The van der Waals surface area contributed by atoms with Crippen LogP contribution in [-0.2, 0) is 0 Å². The zero-order valence-electron chi connectivity index (χ0n) is 47.0. The van der Waals surface area contributed by atoms with E-state index in [-0.39, 0.29) is 5.92 Å². The lowest BCUT2D eigenvalue weighted by Gasteiger charge is -2.17. The van der Waals surface area contributed by atoms with Crippen molar-refractivity contribution >= 4 is 109 Å². The summed E-state index contributed by atoms with van der Waals surface area (Å²) in [5, 5.41) is 33.4. The number of rotatable bonds is 6. The highest BCUT2D eigenvalue weighted by atomic mass is 16.3. The summed E-state index contributed by atoms with van der Waals surface area (Å²) in [6.45, 7) is 0. The summed E-state index contributed by atoms with van der Waals surface area (Å²) < 4.78 is 20.5. The summed E-state index contributed by atoms with van der Waals surface area (Å²) in [7, 11) is 0. The lowest BCUT2D eigenvalue weighted by atomic mass is 9.89. The topological polar surface area (TPSA) is 88.7 Å². The molecule has 7 heteroatoms. The molecule has 406 valence electrons. The average Bonchev–Trinajstić information content (AvgIpc) is 1.58. The lowest BCUT2D eigenvalue weighted by Crippen LogP contribution is -2.06. The van der Waals surface area contributed by atoms with Gasteiger partial charge in [-0.1, -0.05) is 158 Å². The molecule has 0 saturated carbocycles. The molecule has 0 spiro atoms. The number of benzene rings is 13. The maximum Gasteiger partial charge on any atom is 0.145 e. The molecule has 13 aromatic carbocycles. The summed E-state index contributed by atoms with van der Waals surface area (Å²) in [5.74, 6) is 0.142. The van der Waals surface area contributed by atoms with Crippen molar-refractivity contribution in [1.29, 1.82) is 10.5 Å². The van der Waals surface area contributed by atoms with Crippen LogP contribution in [0.5, 0.6) is 0 Å². The van der Waals surface area contributed by atoms with E-state index in [1.54, 1.807) is 0 Å². The molecule has 0 N–H and O–H groups in total. The molecule has 18 aromatic rings. The quantitative estimate of drug-likeness (QED) is 0.166. The molecule has 19 rings (SSSR count). The van der Waals surface area contributed by atoms with Crippen LogP contribution < -0.4 is 0 Å². The van der Waals surface area contributed by atoms with Crippen LogP contribution in [0.3, 0.4) is 0 Å². The largest absolute Gasteiger partial charge is 0.455 e. The van der Waals surface area contributed by atoms with E-state index >= 15 is 0 Å². The van der Waals surface area contributed by atoms with E-state index in [0.717, 1.165) is 132 Å². The number of hydrogen-bond donors (Lipinski definition) is 0. The van der Waals surface area contributed by atoms with Gasteiger partial charge in [-0.2, -0.15) is 10.5 Å². The summed E-state index contributed by atoms with van der Waals surface area (Å²) in [4.78, 5) is 0. The van der Waals surface area contributed by atoms with Gasteiger partial charge in [-0.15, -0.1) is 0 Å². The first-order valence-electron chi connectivity index (χ1n) is 29.7. The minimum absolute atomic E-state index is 0.142. The van der Waals surface area contributed by atoms with Crippen molar-refractivity contribution in [3.05, 3.63) is 295 Å². The predicted molar refractivity (Wildman–Crippen MR) is 357 cm³/mol. The van der Waals surface area contributed by atoms with Crippen LogP contribution in [0.2, 0.25) is 0 Å². The van der Waals surface area contributed by atoms with Gasteiger partial charge < -0.3 is 22.5 Å². The molecule has 5 heterocycles. The Hall–Kier alpha value is -12.2. The van der Waals surface area contributed by atoms with Gasteiger partial charge in [0.05, 0.1) is 60.8 Å². The molecule has 0 saturated heterocycles. The summed E-state index contributed by atoms with van der Waals surface area (Å²) in [6.07, 6.45) is 0. The molecular formula is C81H45N5O2. The Balaban J connectivity index is 0.842. The van der Waals surface area contributed by atoms with E-state index in [1.165, 1.54) is 33.2 Å². The van der Waals surface area contributed by atoms with E-state index < -0.39 is 0 Å². The smallest absolute Gasteiger partial charge is 0.145 e. The third kappa shape index (κ3) is 6.64. The molecule has 0 fully saturated rings. The number of para-hydroxylation sites is 4. The number of nitriles is 2. The van der Waals surface area contributed by atoms with Gasteiger partial charge in [0.1, 0.15) is 40.0 Å². The monoisotopic (exact) mass is 1120 g/mol. The van der Waals surface area contributed by atoms with E-state index in [4.69, 9.17) is 8.83 Å². The maximum atomic E-state index is 12.0. The number of hydrogen-bond acceptors (Lipinski definition) is 4. The molecular weight excluding hydrogens is 1070 g/mol. The minimum atomic E-state index is 0.142. The van der Waals surface area contributed by atoms with Crippen LogP contribution >= 0.6 is 0 Å². The van der Waals surface area contributed by atoms with Crippen LogP contribution in [-0.4, -0.2) is 13.7 Å². The van der Waals surface area contributed by atoms with Crippen LogP contribution in [0.4, 0.5) is 0 Å². The Morgan fingerprint density at radius 2 is 0.830 bits per heavy atom. The van der Waals surface area contributed by atoms with E-state index in [1.807, 2.05) is 42.5 Å². The molecule has 1 aliphatic rings. The second-order valence-electron chi connectivity index (χ2n) is 23.2. The van der Waals surface area contributed by atoms with Crippen molar-refractivity contribution in [2.24, 2.45) is 0 Å². The Labute approximate surface area is 502 Å². The molecule has 88 heavy (non-hydrogen) atoms. The van der Waals surface area contributed by atoms with Gasteiger partial charge in [-0.3, -0.25) is 0 Å². The fraction of sp³-hybridized carbons (Fsp3) is 0.0123. The van der Waals surface area contributed by atoms with Crippen LogP contribution in [0.1, 0.15) is 33.7 Å². The van der Waals surface area contributed by atoms with Crippen molar-refractivity contribution in [3.8, 4) is 62.6 Å². The number of fused-ring (bicyclic) bond motifs is 20. The Kier molecular flexibility index (Phi) is 9.96. The molecule has 1 atom stereocenters. The predicted octanol–water partition coefficient (Wildman–Crippen LogP) is 21.0. The van der Waals surface area contributed by atoms with Gasteiger partial charge in [0, 0.05) is 54.7 Å². The summed E-state index contributed by atoms with van der Waals surface area (Å²) in [6, 6.07) is 99.6. The van der Waals surface area contributed by atoms with Crippen LogP contribution in [0, 0.1) is 22.7 Å². The molecule has 0 aliphatic heterocycles. The zero-order chi connectivity index (χ0) is 57.9. The lowest BCUT2D eigenvalue weighted by molar-refractivity contribution is 0.672. The number of furan rings is 2. The normalized spacial score (nSPS) is 13.1. The molecule has 0 amide bonds. The van der Waals surface area contributed by atoms with Crippen molar-refractivity contribution < 1.29 is 8.83 Å². The first-order valence-corrected chi connectivity index (χ1v) is 29.7. The van der Waals surface area contributed by atoms with Gasteiger partial charge in [0.15, 0.2) is 0 Å². The average molecular weight is 1120 g/mol. The Morgan fingerprint density at radius 3 is 1.49 bits per heavy atom.